The lowest BCUT2D eigenvalue weighted by Gasteiger charge is -2.32. The molecular formula is C29H34FN7O3. The smallest absolute Gasteiger partial charge is 0.410 e. The van der Waals surface area contributed by atoms with Crippen LogP contribution in [0, 0.1) is 17.1 Å². The molecule has 10 nitrogen and oxygen atoms in total. The number of carbonyl (C=O) groups excluding carboxylic acids is 1. The minimum absolute atomic E-state index is 0.00938. The molecule has 1 amide bonds. The van der Waals surface area contributed by atoms with E-state index in [-0.39, 0.29) is 17.8 Å². The lowest BCUT2D eigenvalue weighted by atomic mass is 10.0. The van der Waals surface area contributed by atoms with Crippen molar-refractivity contribution >= 4 is 22.9 Å². The van der Waals surface area contributed by atoms with E-state index in [9.17, 15) is 14.4 Å². The summed E-state index contributed by atoms with van der Waals surface area (Å²) in [6.07, 6.45) is 6.50. The number of piperidine rings is 1. The molecule has 1 aliphatic rings. The molecule has 0 spiro atoms. The van der Waals surface area contributed by atoms with Gasteiger partial charge in [-0.05, 0) is 65.7 Å². The van der Waals surface area contributed by atoms with Crippen molar-refractivity contribution in [2.75, 3.05) is 13.1 Å². The molecule has 1 unspecified atom stereocenters. The molecule has 3 aromatic rings. The van der Waals surface area contributed by atoms with Crippen molar-refractivity contribution in [3.05, 3.63) is 65.6 Å². The number of amides is 1. The Morgan fingerprint density at radius 2 is 2.08 bits per heavy atom. The van der Waals surface area contributed by atoms with Crippen LogP contribution >= 0.6 is 0 Å². The number of allylic oxidation sites excluding steroid dienone is 1. The van der Waals surface area contributed by atoms with Gasteiger partial charge < -0.3 is 20.1 Å². The van der Waals surface area contributed by atoms with Crippen molar-refractivity contribution in [3.63, 3.8) is 0 Å². The zero-order valence-electron chi connectivity index (χ0n) is 23.4. The SMILES string of the molecule is CC(=NC1CCN(C(=O)OC(C)(C)C)CC1)/C(=C\N)c1cc(OC(C)c2ncccc2F)c2c(C#N)cnn2c1. The van der Waals surface area contributed by atoms with Crippen LogP contribution in [-0.4, -0.2) is 56.0 Å². The highest BCUT2D eigenvalue weighted by Crippen LogP contribution is 2.32. The number of rotatable bonds is 6. The van der Waals surface area contributed by atoms with Crippen LogP contribution in [0.25, 0.3) is 11.1 Å². The van der Waals surface area contributed by atoms with E-state index < -0.39 is 17.5 Å². The second-order valence-electron chi connectivity index (χ2n) is 10.7. The average molecular weight is 548 g/mol. The molecule has 11 heteroatoms. The largest absolute Gasteiger partial charge is 0.482 e. The molecule has 4 rings (SSSR count). The fraction of sp³-hybridized carbons (Fsp3) is 0.414. The first-order valence-electron chi connectivity index (χ1n) is 13.1. The Balaban J connectivity index is 1.58. The molecule has 0 bridgehead atoms. The summed E-state index contributed by atoms with van der Waals surface area (Å²) in [5.74, 6) is -0.152. The van der Waals surface area contributed by atoms with Crippen molar-refractivity contribution in [2.45, 2.75) is 65.2 Å². The first-order chi connectivity index (χ1) is 19.0. The maximum Gasteiger partial charge on any atom is 0.410 e. The minimum atomic E-state index is -0.739. The van der Waals surface area contributed by atoms with Crippen LogP contribution in [-0.2, 0) is 4.74 Å². The van der Waals surface area contributed by atoms with E-state index >= 15 is 0 Å². The molecule has 40 heavy (non-hydrogen) atoms. The van der Waals surface area contributed by atoms with Crippen LogP contribution in [0.4, 0.5) is 9.18 Å². The highest BCUT2D eigenvalue weighted by atomic mass is 19.1. The van der Waals surface area contributed by atoms with E-state index in [1.54, 1.807) is 28.6 Å². The normalized spacial score (nSPS) is 16.1. The summed E-state index contributed by atoms with van der Waals surface area (Å²) in [6, 6.07) is 6.71. The number of carbonyl (C=O) groups is 1. The Bertz CT molecular complexity index is 1490. The van der Waals surface area contributed by atoms with Crippen molar-refractivity contribution in [1.82, 2.24) is 19.5 Å². The fourth-order valence-corrected chi connectivity index (χ4v) is 4.62. The van der Waals surface area contributed by atoms with Crippen molar-refractivity contribution in [2.24, 2.45) is 10.7 Å². The van der Waals surface area contributed by atoms with E-state index in [0.29, 0.717) is 59.6 Å². The maximum absolute atomic E-state index is 14.4. The van der Waals surface area contributed by atoms with Gasteiger partial charge in [0.2, 0.25) is 0 Å². The first kappa shape index (κ1) is 28.5. The van der Waals surface area contributed by atoms with E-state index in [1.807, 2.05) is 27.7 Å². The molecule has 210 valence electrons. The Morgan fingerprint density at radius 3 is 2.70 bits per heavy atom. The third-order valence-electron chi connectivity index (χ3n) is 6.53. The topological polar surface area (TPSA) is 131 Å². The summed E-state index contributed by atoms with van der Waals surface area (Å²) >= 11 is 0. The third-order valence-corrected chi connectivity index (χ3v) is 6.53. The number of ether oxygens (including phenoxy) is 2. The quantitative estimate of drug-likeness (QED) is 0.428. The van der Waals surface area contributed by atoms with E-state index in [1.165, 1.54) is 30.7 Å². The number of hydrogen-bond donors (Lipinski definition) is 1. The van der Waals surface area contributed by atoms with Crippen molar-refractivity contribution in [1.29, 1.82) is 5.26 Å². The second kappa shape index (κ2) is 11.7. The number of fused-ring (bicyclic) bond motifs is 1. The zero-order valence-corrected chi connectivity index (χ0v) is 23.4. The van der Waals surface area contributed by atoms with Gasteiger partial charge in [-0.1, -0.05) is 0 Å². The van der Waals surface area contributed by atoms with Crippen molar-refractivity contribution in [3.8, 4) is 11.8 Å². The fourth-order valence-electron chi connectivity index (χ4n) is 4.62. The summed E-state index contributed by atoms with van der Waals surface area (Å²) in [4.78, 5) is 23.1. The van der Waals surface area contributed by atoms with Gasteiger partial charge in [-0.3, -0.25) is 9.98 Å². The molecule has 1 saturated heterocycles. The monoisotopic (exact) mass is 547 g/mol. The Labute approximate surface area is 232 Å². The van der Waals surface area contributed by atoms with Gasteiger partial charge >= 0.3 is 6.09 Å². The first-order valence-corrected chi connectivity index (χ1v) is 13.1. The third kappa shape index (κ3) is 6.39. The van der Waals surface area contributed by atoms with Crippen LogP contribution in [0.15, 0.2) is 48.0 Å². The van der Waals surface area contributed by atoms with Crippen LogP contribution in [0.1, 0.15) is 70.4 Å². The van der Waals surface area contributed by atoms with E-state index in [2.05, 4.69) is 16.2 Å². The Kier molecular flexibility index (Phi) is 8.38. The standard InChI is InChI=1S/C29H34FN7O3/c1-18(35-22-8-11-36(12-9-22)28(38)40-29(3,4)5)23(15-32)20-13-25(27-21(14-31)16-34-37(27)17-20)39-19(2)26-24(30)7-6-10-33-26/h6-7,10,13,15-17,19,22H,8-9,11-12,32H2,1-5H3/b23-15+,35-18?. The van der Waals surface area contributed by atoms with E-state index in [0.717, 1.165) is 0 Å². The van der Waals surface area contributed by atoms with Gasteiger partial charge in [-0.15, -0.1) is 0 Å². The van der Waals surface area contributed by atoms with Gasteiger partial charge in [-0.25, -0.2) is 13.7 Å². The molecule has 0 radical (unpaired) electrons. The molecule has 1 atom stereocenters. The Morgan fingerprint density at radius 1 is 1.35 bits per heavy atom. The van der Waals surface area contributed by atoms with E-state index in [4.69, 9.17) is 20.2 Å². The number of pyridine rings is 2. The van der Waals surface area contributed by atoms with Gasteiger partial charge in [0.25, 0.3) is 0 Å². The molecule has 0 saturated carbocycles. The summed E-state index contributed by atoms with van der Waals surface area (Å²) in [6.45, 7) is 10.2. The summed E-state index contributed by atoms with van der Waals surface area (Å²) < 4.78 is 27.6. The molecule has 2 N–H and O–H groups in total. The summed E-state index contributed by atoms with van der Waals surface area (Å²) in [5, 5.41) is 14.0. The summed E-state index contributed by atoms with van der Waals surface area (Å²) in [5.41, 5.74) is 8.48. The molecule has 3 aromatic heterocycles. The number of hydrogen-bond acceptors (Lipinski definition) is 8. The highest BCUT2D eigenvalue weighted by Gasteiger charge is 2.27. The molecule has 1 fully saturated rings. The number of nitrogens with two attached hydrogens (primary N) is 1. The number of likely N-dealkylation sites (tertiary alicyclic amines) is 1. The number of nitrogens with zero attached hydrogens (tertiary/aromatic N) is 6. The van der Waals surface area contributed by atoms with Crippen molar-refractivity contribution < 1.29 is 18.7 Å². The second-order valence-corrected chi connectivity index (χ2v) is 10.7. The van der Waals surface area contributed by atoms with Gasteiger partial charge in [0.1, 0.15) is 46.1 Å². The number of aliphatic imine (C=N–C) groups is 1. The average Bonchev–Trinajstić information content (AvgIpc) is 3.32. The zero-order chi connectivity index (χ0) is 29.0. The van der Waals surface area contributed by atoms with Gasteiger partial charge in [-0.2, -0.15) is 10.4 Å². The van der Waals surface area contributed by atoms with Crippen LogP contribution in [0.2, 0.25) is 0 Å². The van der Waals surface area contributed by atoms with Gasteiger partial charge in [0, 0.05) is 48.5 Å². The minimum Gasteiger partial charge on any atom is -0.482 e. The number of nitriles is 1. The van der Waals surface area contributed by atoms with Crippen LogP contribution in [0.3, 0.4) is 0 Å². The van der Waals surface area contributed by atoms with Crippen LogP contribution in [0.5, 0.6) is 5.75 Å². The predicted molar refractivity (Wildman–Crippen MR) is 149 cm³/mol. The molecule has 0 aromatic carbocycles. The Hall–Kier alpha value is -4.46. The maximum atomic E-state index is 14.4. The molecule has 1 aliphatic heterocycles. The predicted octanol–water partition coefficient (Wildman–Crippen LogP) is 5.04. The lowest BCUT2D eigenvalue weighted by Crippen LogP contribution is -2.42. The summed E-state index contributed by atoms with van der Waals surface area (Å²) in [7, 11) is 0. The number of halogens is 1. The van der Waals surface area contributed by atoms with Gasteiger partial charge in [0.15, 0.2) is 0 Å². The molecular weight excluding hydrogens is 513 g/mol. The van der Waals surface area contributed by atoms with Gasteiger partial charge in [0.05, 0.1) is 12.2 Å². The highest BCUT2D eigenvalue weighted by molar-refractivity contribution is 6.22. The molecule has 0 aliphatic carbocycles. The lowest BCUT2D eigenvalue weighted by molar-refractivity contribution is 0.0207. The van der Waals surface area contributed by atoms with Crippen LogP contribution < -0.4 is 10.5 Å². The number of aromatic nitrogens is 3. The molecule has 4 heterocycles.